The zero-order chi connectivity index (χ0) is 30.5. The molecule has 1 heterocycles. The van der Waals surface area contributed by atoms with E-state index in [0.29, 0.717) is 0 Å². The van der Waals surface area contributed by atoms with E-state index in [0.717, 1.165) is 79.0 Å². The summed E-state index contributed by atoms with van der Waals surface area (Å²) in [6.45, 7) is 9.06. The zero-order valence-electron chi connectivity index (χ0n) is 27.8. The van der Waals surface area contributed by atoms with Crippen LogP contribution in [0.2, 0.25) is 0 Å². The van der Waals surface area contributed by atoms with Crippen LogP contribution in [-0.2, 0) is 16.3 Å². The standard InChI is InChI=1S/C37H60N2O3/c1-7-8-9-10-11-12-13-14-15-17-30-41-34-23-19-32(20-24-34)36(2)27-28-37(3,38(36)40)33-21-25-35(26-22-33)42-31-18-16-29-39(4,5)6/h19-26H,7-18,27-31H2,1-6H3/q+1/t36-,37-/m1/s1. The summed E-state index contributed by atoms with van der Waals surface area (Å²) in [6.07, 6.45) is 17.1. The normalized spacial score (nSPS) is 21.1. The van der Waals surface area contributed by atoms with Crippen LogP contribution in [0.15, 0.2) is 48.5 Å². The van der Waals surface area contributed by atoms with Crippen LogP contribution in [0.25, 0.3) is 0 Å². The third kappa shape index (κ3) is 10.3. The summed E-state index contributed by atoms with van der Waals surface area (Å²) in [4.78, 5) is 0. The highest BCUT2D eigenvalue weighted by atomic mass is 16.5. The van der Waals surface area contributed by atoms with Crippen molar-refractivity contribution in [2.45, 2.75) is 122 Å². The second-order valence-electron chi connectivity index (χ2n) is 14.0. The van der Waals surface area contributed by atoms with E-state index in [2.05, 4.69) is 66.2 Å². The molecule has 5 heteroatoms. The first kappa shape index (κ1) is 34.4. The summed E-state index contributed by atoms with van der Waals surface area (Å²) in [5.74, 6) is 1.77. The highest BCUT2D eigenvalue weighted by Gasteiger charge is 2.52. The zero-order valence-corrected chi connectivity index (χ0v) is 27.8. The molecule has 0 N–H and O–H groups in total. The van der Waals surface area contributed by atoms with Crippen molar-refractivity contribution in [3.05, 3.63) is 59.7 Å². The Kier molecular flexibility index (Phi) is 13.7. The van der Waals surface area contributed by atoms with E-state index >= 15 is 0 Å². The number of unbranched alkanes of at least 4 members (excludes halogenated alkanes) is 10. The number of ether oxygens (including phenoxy) is 2. The molecule has 0 aromatic heterocycles. The molecule has 1 aliphatic heterocycles. The number of quaternary nitrogens is 1. The van der Waals surface area contributed by atoms with Crippen molar-refractivity contribution in [3.8, 4) is 11.5 Å². The van der Waals surface area contributed by atoms with Crippen molar-refractivity contribution < 1.29 is 19.2 Å². The molecule has 0 bridgehead atoms. The van der Waals surface area contributed by atoms with Gasteiger partial charge in [-0.3, -0.25) is 0 Å². The molecule has 2 aromatic carbocycles. The van der Waals surface area contributed by atoms with Gasteiger partial charge in [-0.2, -0.15) is 0 Å². The molecule has 42 heavy (non-hydrogen) atoms. The molecule has 3 rings (SSSR count). The minimum atomic E-state index is -0.567. The van der Waals surface area contributed by atoms with Crippen LogP contribution in [0.5, 0.6) is 11.5 Å². The topological polar surface area (TPSA) is 41.6 Å². The van der Waals surface area contributed by atoms with Gasteiger partial charge >= 0.3 is 0 Å². The summed E-state index contributed by atoms with van der Waals surface area (Å²) in [5, 5.41) is 15.2. The van der Waals surface area contributed by atoms with Crippen molar-refractivity contribution in [1.82, 2.24) is 5.06 Å². The summed E-state index contributed by atoms with van der Waals surface area (Å²) in [7, 11) is 6.66. The molecule has 1 fully saturated rings. The monoisotopic (exact) mass is 580 g/mol. The van der Waals surface area contributed by atoms with Crippen molar-refractivity contribution in [2.24, 2.45) is 0 Å². The lowest BCUT2D eigenvalue weighted by atomic mass is 9.89. The first-order valence-corrected chi connectivity index (χ1v) is 16.8. The van der Waals surface area contributed by atoms with Gasteiger partial charge in [-0.1, -0.05) is 89.0 Å². The van der Waals surface area contributed by atoms with Crippen LogP contribution >= 0.6 is 0 Å². The van der Waals surface area contributed by atoms with Crippen molar-refractivity contribution in [3.63, 3.8) is 0 Å². The predicted octanol–water partition coefficient (Wildman–Crippen LogP) is 9.42. The van der Waals surface area contributed by atoms with E-state index in [-0.39, 0.29) is 0 Å². The minimum Gasteiger partial charge on any atom is -0.494 e. The summed E-state index contributed by atoms with van der Waals surface area (Å²) in [6, 6.07) is 16.4. The Bertz CT molecular complexity index is 1020. The molecule has 0 amide bonds. The van der Waals surface area contributed by atoms with Gasteiger partial charge in [0.05, 0.1) is 52.0 Å². The second-order valence-corrected chi connectivity index (χ2v) is 14.0. The molecule has 2 aromatic rings. The van der Waals surface area contributed by atoms with Crippen LogP contribution in [0, 0.1) is 0 Å². The SMILES string of the molecule is CCCCCCCCCCCCOc1ccc([C@@]2(C)CC[C@](C)(c3ccc(OCCCC[N+](C)(C)C)cc3)N2[O])cc1. The fourth-order valence-corrected chi connectivity index (χ4v) is 6.24. The van der Waals surface area contributed by atoms with Gasteiger partial charge in [0.25, 0.3) is 0 Å². The lowest BCUT2D eigenvalue weighted by Gasteiger charge is -2.37. The molecule has 1 saturated heterocycles. The van der Waals surface area contributed by atoms with E-state index in [1.54, 1.807) is 0 Å². The summed E-state index contributed by atoms with van der Waals surface area (Å²) < 4.78 is 13.0. The van der Waals surface area contributed by atoms with E-state index < -0.39 is 11.1 Å². The Labute approximate surface area is 257 Å². The molecule has 1 radical (unpaired) electrons. The van der Waals surface area contributed by atoms with Crippen LogP contribution < -0.4 is 9.47 Å². The molecule has 2 atom stereocenters. The van der Waals surface area contributed by atoms with E-state index in [1.165, 1.54) is 62.9 Å². The average Bonchev–Trinajstić information content (AvgIpc) is 3.21. The number of benzene rings is 2. The molecule has 235 valence electrons. The molecule has 5 nitrogen and oxygen atoms in total. The van der Waals surface area contributed by atoms with Gasteiger partial charge in [-0.05, 0) is 81.3 Å². The minimum absolute atomic E-state index is 0.565. The second kappa shape index (κ2) is 16.7. The van der Waals surface area contributed by atoms with Crippen LogP contribution in [-0.4, -0.2) is 50.4 Å². The Balaban J connectivity index is 1.42. The predicted molar refractivity (Wildman–Crippen MR) is 174 cm³/mol. The number of hydroxylamine groups is 2. The maximum absolute atomic E-state index is 13.9. The first-order chi connectivity index (χ1) is 20.1. The van der Waals surface area contributed by atoms with Gasteiger partial charge in [0.1, 0.15) is 11.5 Å². The van der Waals surface area contributed by atoms with E-state index in [4.69, 9.17) is 9.47 Å². The van der Waals surface area contributed by atoms with Gasteiger partial charge < -0.3 is 14.0 Å². The number of nitrogens with zero attached hydrogens (tertiary/aromatic N) is 2. The smallest absolute Gasteiger partial charge is 0.119 e. The Morgan fingerprint density at radius 2 is 1.00 bits per heavy atom. The number of hydrogen-bond acceptors (Lipinski definition) is 3. The quantitative estimate of drug-likeness (QED) is 0.116. The lowest BCUT2D eigenvalue weighted by molar-refractivity contribution is -0.870. The highest BCUT2D eigenvalue weighted by Crippen LogP contribution is 2.51. The van der Waals surface area contributed by atoms with Crippen molar-refractivity contribution >= 4 is 0 Å². The number of rotatable bonds is 20. The maximum Gasteiger partial charge on any atom is 0.119 e. The van der Waals surface area contributed by atoms with Gasteiger partial charge in [0, 0.05) is 0 Å². The molecular weight excluding hydrogens is 520 g/mol. The van der Waals surface area contributed by atoms with Gasteiger partial charge in [0.2, 0.25) is 0 Å². The Morgan fingerprint density at radius 1 is 0.619 bits per heavy atom. The molecule has 0 unspecified atom stereocenters. The largest absolute Gasteiger partial charge is 0.494 e. The highest BCUT2D eigenvalue weighted by molar-refractivity contribution is 5.36. The first-order valence-electron chi connectivity index (χ1n) is 16.8. The molecule has 0 saturated carbocycles. The van der Waals surface area contributed by atoms with Crippen LogP contribution in [0.4, 0.5) is 0 Å². The van der Waals surface area contributed by atoms with E-state index in [9.17, 15) is 5.21 Å². The van der Waals surface area contributed by atoms with Crippen molar-refractivity contribution in [2.75, 3.05) is 40.9 Å². The summed E-state index contributed by atoms with van der Waals surface area (Å²) >= 11 is 0. The fourth-order valence-electron chi connectivity index (χ4n) is 6.24. The molecule has 0 spiro atoms. The van der Waals surface area contributed by atoms with Crippen LogP contribution in [0.1, 0.15) is 122 Å². The van der Waals surface area contributed by atoms with E-state index in [1.807, 2.05) is 24.3 Å². The van der Waals surface area contributed by atoms with Gasteiger partial charge in [0.15, 0.2) is 0 Å². The Hall–Kier alpha value is -2.08. The third-order valence-electron chi connectivity index (χ3n) is 9.21. The average molecular weight is 581 g/mol. The van der Waals surface area contributed by atoms with Crippen molar-refractivity contribution in [1.29, 1.82) is 0 Å². The fraction of sp³-hybridized carbons (Fsp3) is 0.676. The van der Waals surface area contributed by atoms with Gasteiger partial charge in [-0.25, -0.2) is 0 Å². The number of hydrogen-bond donors (Lipinski definition) is 0. The maximum atomic E-state index is 13.9. The third-order valence-corrected chi connectivity index (χ3v) is 9.21. The van der Waals surface area contributed by atoms with Crippen LogP contribution in [0.3, 0.4) is 0 Å². The molecular formula is C37H60N2O3+. The molecule has 1 aliphatic rings. The molecule has 0 aliphatic carbocycles. The van der Waals surface area contributed by atoms with Gasteiger partial charge in [-0.15, -0.1) is 10.3 Å². The summed E-state index contributed by atoms with van der Waals surface area (Å²) in [5.41, 5.74) is 0.976. The lowest BCUT2D eigenvalue weighted by Crippen LogP contribution is -2.44. The Morgan fingerprint density at radius 3 is 1.40 bits per heavy atom.